The van der Waals surface area contributed by atoms with Gasteiger partial charge in [-0.1, -0.05) is 6.42 Å². The third-order valence-corrected chi connectivity index (χ3v) is 4.39. The van der Waals surface area contributed by atoms with E-state index in [4.69, 9.17) is 9.47 Å². The first-order valence-electron chi connectivity index (χ1n) is 8.32. The van der Waals surface area contributed by atoms with Crippen molar-refractivity contribution in [2.45, 2.75) is 50.9 Å². The first-order valence-corrected chi connectivity index (χ1v) is 8.32. The molecule has 0 aromatic heterocycles. The number of hydrogen-bond acceptors (Lipinski definition) is 5. The van der Waals surface area contributed by atoms with E-state index >= 15 is 0 Å². The van der Waals surface area contributed by atoms with Gasteiger partial charge in [-0.3, -0.25) is 10.1 Å². The zero-order chi connectivity index (χ0) is 17.2. The van der Waals surface area contributed by atoms with Gasteiger partial charge in [-0.05, 0) is 31.9 Å². The Morgan fingerprint density at radius 2 is 1.83 bits per heavy atom. The Kier molecular flexibility index (Phi) is 4.51. The monoisotopic (exact) mass is 333 g/mol. The highest BCUT2D eigenvalue weighted by Crippen LogP contribution is 2.46. The number of benzene rings is 1. The Morgan fingerprint density at radius 3 is 2.54 bits per heavy atom. The van der Waals surface area contributed by atoms with Gasteiger partial charge in [-0.2, -0.15) is 0 Å². The van der Waals surface area contributed by atoms with Crippen LogP contribution in [-0.2, 0) is 4.79 Å². The number of ether oxygens (including phenoxy) is 2. The number of anilines is 1. The number of imide groups is 1. The lowest BCUT2D eigenvalue weighted by Crippen LogP contribution is -2.44. The molecule has 1 heterocycles. The van der Waals surface area contributed by atoms with Crippen LogP contribution < -0.4 is 25.4 Å². The third-order valence-electron chi connectivity index (χ3n) is 4.39. The molecule has 1 fully saturated rings. The van der Waals surface area contributed by atoms with E-state index in [-0.39, 0.29) is 0 Å². The summed E-state index contributed by atoms with van der Waals surface area (Å²) in [6.45, 7) is 1.69. The Labute approximate surface area is 141 Å². The summed E-state index contributed by atoms with van der Waals surface area (Å²) in [5.74, 6) is 0.517. The highest BCUT2D eigenvalue weighted by Gasteiger charge is 2.42. The van der Waals surface area contributed by atoms with Gasteiger partial charge >= 0.3 is 6.03 Å². The standard InChI is InChI=1S/C17H23N3O4/c1-11(15(21)20-16(22)18-2)19-12-6-7-13-14(10-12)24-17(23-13)8-4-3-5-9-17/h6-7,10-11,19H,3-5,8-9H2,1-2H3,(H2,18,20,21,22)/t11-/m0/s1. The van der Waals surface area contributed by atoms with E-state index in [0.29, 0.717) is 5.75 Å². The minimum atomic E-state index is -0.564. The highest BCUT2D eigenvalue weighted by molar-refractivity contribution is 5.97. The van der Waals surface area contributed by atoms with Gasteiger partial charge in [0.1, 0.15) is 6.04 Å². The SMILES string of the molecule is CNC(=O)NC(=O)[C@H](C)Nc1ccc2c(c1)OC1(CCCCC1)O2. The van der Waals surface area contributed by atoms with Gasteiger partial charge in [0.05, 0.1) is 0 Å². The Bertz CT molecular complexity index is 641. The molecule has 7 nitrogen and oxygen atoms in total. The van der Waals surface area contributed by atoms with Crippen LogP contribution in [0.25, 0.3) is 0 Å². The van der Waals surface area contributed by atoms with Crippen molar-refractivity contribution in [1.29, 1.82) is 0 Å². The van der Waals surface area contributed by atoms with Crippen LogP contribution in [0.3, 0.4) is 0 Å². The van der Waals surface area contributed by atoms with Crippen molar-refractivity contribution in [2.24, 2.45) is 0 Å². The average Bonchev–Trinajstić information content (AvgIpc) is 2.91. The van der Waals surface area contributed by atoms with E-state index in [2.05, 4.69) is 16.0 Å². The molecule has 1 aliphatic carbocycles. The lowest BCUT2D eigenvalue weighted by atomic mass is 9.94. The molecule has 1 aromatic rings. The van der Waals surface area contributed by atoms with Crippen molar-refractivity contribution in [3.63, 3.8) is 0 Å². The van der Waals surface area contributed by atoms with Crippen LogP contribution in [0, 0.1) is 0 Å². The van der Waals surface area contributed by atoms with Crippen molar-refractivity contribution >= 4 is 17.6 Å². The zero-order valence-electron chi connectivity index (χ0n) is 14.0. The molecule has 0 saturated heterocycles. The maximum Gasteiger partial charge on any atom is 0.321 e. The molecule has 1 aliphatic heterocycles. The molecule has 2 aliphatic rings. The molecule has 1 aromatic carbocycles. The molecule has 3 N–H and O–H groups in total. The average molecular weight is 333 g/mol. The lowest BCUT2D eigenvalue weighted by Gasteiger charge is -2.31. The van der Waals surface area contributed by atoms with Gasteiger partial charge in [0.25, 0.3) is 5.79 Å². The van der Waals surface area contributed by atoms with Gasteiger partial charge in [0, 0.05) is 31.6 Å². The predicted octanol–water partition coefficient (Wildman–Crippen LogP) is 2.37. The molecule has 0 bridgehead atoms. The second-order valence-electron chi connectivity index (χ2n) is 6.27. The third kappa shape index (κ3) is 3.39. The van der Waals surface area contributed by atoms with E-state index in [1.165, 1.54) is 13.5 Å². The second kappa shape index (κ2) is 6.59. The molecule has 1 saturated carbocycles. The number of fused-ring (bicyclic) bond motifs is 1. The van der Waals surface area contributed by atoms with Crippen molar-refractivity contribution in [3.8, 4) is 11.5 Å². The van der Waals surface area contributed by atoms with Gasteiger partial charge in [-0.25, -0.2) is 4.79 Å². The fourth-order valence-electron chi connectivity index (χ4n) is 3.08. The summed E-state index contributed by atoms with van der Waals surface area (Å²) in [6.07, 6.45) is 5.23. The van der Waals surface area contributed by atoms with Crippen LogP contribution in [0.4, 0.5) is 10.5 Å². The summed E-state index contributed by atoms with van der Waals surface area (Å²) >= 11 is 0. The molecule has 7 heteroatoms. The molecule has 130 valence electrons. The van der Waals surface area contributed by atoms with Gasteiger partial charge in [0.2, 0.25) is 5.91 Å². The summed E-state index contributed by atoms with van der Waals surface area (Å²) in [7, 11) is 1.46. The quantitative estimate of drug-likeness (QED) is 0.790. The topological polar surface area (TPSA) is 88.7 Å². The van der Waals surface area contributed by atoms with Crippen molar-refractivity contribution < 1.29 is 19.1 Å². The molecule has 1 spiro atoms. The molecule has 1 atom stereocenters. The largest absolute Gasteiger partial charge is 0.448 e. The van der Waals surface area contributed by atoms with E-state index in [1.807, 2.05) is 18.2 Å². The lowest BCUT2D eigenvalue weighted by molar-refractivity contribution is -0.120. The fourth-order valence-corrected chi connectivity index (χ4v) is 3.08. The van der Waals surface area contributed by atoms with Gasteiger partial charge < -0.3 is 20.1 Å². The number of amides is 3. The Morgan fingerprint density at radius 1 is 1.12 bits per heavy atom. The molecule has 0 unspecified atom stereocenters. The minimum absolute atomic E-state index is 0.407. The Hall–Kier alpha value is -2.44. The number of carbonyl (C=O) groups is 2. The smallest absolute Gasteiger partial charge is 0.321 e. The van der Waals surface area contributed by atoms with E-state index in [1.54, 1.807) is 6.92 Å². The summed E-state index contributed by atoms with van der Waals surface area (Å²) in [5, 5.41) is 7.65. The summed E-state index contributed by atoms with van der Waals surface area (Å²) in [6, 6.07) is 4.44. The number of carbonyl (C=O) groups excluding carboxylic acids is 2. The predicted molar refractivity (Wildman–Crippen MR) is 89.2 cm³/mol. The molecule has 24 heavy (non-hydrogen) atoms. The maximum absolute atomic E-state index is 11.9. The van der Waals surface area contributed by atoms with Crippen molar-refractivity contribution in [1.82, 2.24) is 10.6 Å². The van der Waals surface area contributed by atoms with Crippen LogP contribution in [0.1, 0.15) is 39.0 Å². The minimum Gasteiger partial charge on any atom is -0.448 e. The summed E-state index contributed by atoms with van der Waals surface area (Å²) in [4.78, 5) is 23.1. The Balaban J connectivity index is 1.64. The zero-order valence-corrected chi connectivity index (χ0v) is 14.0. The number of rotatable bonds is 3. The first-order chi connectivity index (χ1) is 11.5. The van der Waals surface area contributed by atoms with Crippen molar-refractivity contribution in [2.75, 3.05) is 12.4 Å². The van der Waals surface area contributed by atoms with Crippen LogP contribution in [-0.4, -0.2) is 30.8 Å². The molecular weight excluding hydrogens is 310 g/mol. The van der Waals surface area contributed by atoms with Gasteiger partial charge in [0.15, 0.2) is 11.5 Å². The molecular formula is C17H23N3O4. The molecule has 3 amide bonds. The highest BCUT2D eigenvalue weighted by atomic mass is 16.7. The fraction of sp³-hybridized carbons (Fsp3) is 0.529. The van der Waals surface area contributed by atoms with Crippen molar-refractivity contribution in [3.05, 3.63) is 18.2 Å². The summed E-state index contributed by atoms with van der Waals surface area (Å²) < 4.78 is 12.1. The number of nitrogens with one attached hydrogen (secondary N) is 3. The van der Waals surface area contributed by atoms with Crippen LogP contribution >= 0.6 is 0 Å². The van der Waals surface area contributed by atoms with Crippen LogP contribution in [0.15, 0.2) is 18.2 Å². The van der Waals surface area contributed by atoms with Crippen LogP contribution in [0.2, 0.25) is 0 Å². The van der Waals surface area contributed by atoms with Gasteiger partial charge in [-0.15, -0.1) is 0 Å². The summed E-state index contributed by atoms with van der Waals surface area (Å²) in [5.41, 5.74) is 0.741. The second-order valence-corrected chi connectivity index (χ2v) is 6.27. The molecule has 3 rings (SSSR count). The number of hydrogen-bond donors (Lipinski definition) is 3. The maximum atomic E-state index is 11.9. The van der Waals surface area contributed by atoms with Crippen LogP contribution in [0.5, 0.6) is 11.5 Å². The first kappa shape index (κ1) is 16.4. The van der Waals surface area contributed by atoms with E-state index in [0.717, 1.165) is 37.1 Å². The normalized spacial score (nSPS) is 18.8. The molecule has 0 radical (unpaired) electrons. The van der Waals surface area contributed by atoms with E-state index in [9.17, 15) is 9.59 Å². The number of urea groups is 1. The van der Waals surface area contributed by atoms with E-state index < -0.39 is 23.8 Å².